The van der Waals surface area contributed by atoms with Gasteiger partial charge in [-0.3, -0.25) is 14.9 Å². The maximum atomic E-state index is 12.0. The molecule has 0 spiro atoms. The lowest BCUT2D eigenvalue weighted by molar-refractivity contribution is 0.273. The summed E-state index contributed by atoms with van der Waals surface area (Å²) >= 11 is 0. The number of anilines is 1. The second-order valence-corrected chi connectivity index (χ2v) is 4.99. The van der Waals surface area contributed by atoms with Gasteiger partial charge in [-0.1, -0.05) is 0 Å². The van der Waals surface area contributed by atoms with Gasteiger partial charge in [-0.15, -0.1) is 0 Å². The summed E-state index contributed by atoms with van der Waals surface area (Å²) in [5.41, 5.74) is 0.762. The van der Waals surface area contributed by atoms with Gasteiger partial charge >= 0.3 is 0 Å². The molecule has 0 aromatic carbocycles. The highest BCUT2D eigenvalue weighted by Gasteiger charge is 2.24. The van der Waals surface area contributed by atoms with Crippen LogP contribution in [0.25, 0.3) is 0 Å². The van der Waals surface area contributed by atoms with E-state index >= 15 is 0 Å². The van der Waals surface area contributed by atoms with Crippen LogP contribution >= 0.6 is 0 Å². The van der Waals surface area contributed by atoms with Gasteiger partial charge in [0.05, 0.1) is 24.2 Å². The Morgan fingerprint density at radius 2 is 2.29 bits per heavy atom. The molecular formula is C8H11N5O3S. The molecule has 0 saturated heterocycles. The van der Waals surface area contributed by atoms with E-state index in [0.717, 1.165) is 0 Å². The van der Waals surface area contributed by atoms with Crippen molar-refractivity contribution in [3.8, 4) is 0 Å². The van der Waals surface area contributed by atoms with E-state index in [-0.39, 0.29) is 10.6 Å². The van der Waals surface area contributed by atoms with Crippen molar-refractivity contribution in [3.05, 3.63) is 23.8 Å². The molecule has 2 heterocycles. The number of nitrogens with zero attached hydrogens (tertiary/aromatic N) is 2. The Bertz CT molecular complexity index is 601. The molecule has 0 radical (unpaired) electrons. The molecule has 0 aliphatic heterocycles. The molecule has 2 rings (SSSR count). The maximum Gasteiger partial charge on any atom is 0.265 e. The van der Waals surface area contributed by atoms with Gasteiger partial charge in [-0.2, -0.15) is 10.2 Å². The monoisotopic (exact) mass is 257 g/mol. The molecule has 0 bridgehead atoms. The third-order valence-electron chi connectivity index (χ3n) is 2.13. The first-order chi connectivity index (χ1) is 8.04. The Kier molecular flexibility index (Phi) is 2.86. The SMILES string of the molecule is Cc1[nH]nc(CO)c1S(=O)(=O)Nc1cn[nH]c1. The van der Waals surface area contributed by atoms with E-state index in [4.69, 9.17) is 5.11 Å². The standard InChI is InChI=1S/C8H11N5O3S/c1-5-8(7(4-14)12-11-5)17(15,16)13-6-2-9-10-3-6/h2-3,13-14H,4H2,1H3,(H,9,10)(H,11,12). The maximum absolute atomic E-state index is 12.0. The Labute approximate surface area is 97.1 Å². The van der Waals surface area contributed by atoms with Crippen molar-refractivity contribution in [2.24, 2.45) is 0 Å². The van der Waals surface area contributed by atoms with Crippen molar-refractivity contribution in [1.82, 2.24) is 20.4 Å². The Balaban J connectivity index is 2.41. The molecule has 0 atom stereocenters. The number of hydrogen-bond donors (Lipinski definition) is 4. The van der Waals surface area contributed by atoms with E-state index < -0.39 is 16.6 Å². The zero-order valence-corrected chi connectivity index (χ0v) is 9.74. The van der Waals surface area contributed by atoms with Crippen molar-refractivity contribution < 1.29 is 13.5 Å². The second kappa shape index (κ2) is 4.18. The minimum absolute atomic E-state index is 0.0406. The molecule has 9 heteroatoms. The molecule has 2 aromatic heterocycles. The fourth-order valence-electron chi connectivity index (χ4n) is 1.45. The van der Waals surface area contributed by atoms with Crippen molar-refractivity contribution in [1.29, 1.82) is 0 Å². The lowest BCUT2D eigenvalue weighted by Gasteiger charge is -2.05. The first-order valence-corrected chi connectivity index (χ1v) is 6.19. The number of H-pyrrole nitrogens is 2. The number of aryl methyl sites for hydroxylation is 1. The van der Waals surface area contributed by atoms with Crippen LogP contribution < -0.4 is 4.72 Å². The molecule has 0 aliphatic carbocycles. The lowest BCUT2D eigenvalue weighted by Crippen LogP contribution is -2.15. The van der Waals surface area contributed by atoms with Gasteiger partial charge in [0.2, 0.25) is 0 Å². The molecule has 92 valence electrons. The predicted octanol–water partition coefficient (Wildman–Crippen LogP) is -0.266. The lowest BCUT2D eigenvalue weighted by atomic mass is 10.4. The molecule has 2 aromatic rings. The number of aliphatic hydroxyl groups excluding tert-OH is 1. The smallest absolute Gasteiger partial charge is 0.265 e. The number of nitrogens with one attached hydrogen (secondary N) is 3. The van der Waals surface area contributed by atoms with Crippen LogP contribution in [-0.2, 0) is 16.6 Å². The van der Waals surface area contributed by atoms with Crippen molar-refractivity contribution in [3.63, 3.8) is 0 Å². The molecule has 0 aliphatic rings. The number of aliphatic hydroxyl groups is 1. The molecule has 17 heavy (non-hydrogen) atoms. The summed E-state index contributed by atoms with van der Waals surface area (Å²) in [6, 6.07) is 0. The van der Waals surface area contributed by atoms with Crippen LogP contribution in [0.1, 0.15) is 11.4 Å². The second-order valence-electron chi connectivity index (χ2n) is 3.38. The summed E-state index contributed by atoms with van der Waals surface area (Å²) in [5.74, 6) is 0. The van der Waals surface area contributed by atoms with Crippen LogP contribution in [0, 0.1) is 6.92 Å². The third-order valence-corrected chi connectivity index (χ3v) is 3.71. The predicted molar refractivity (Wildman–Crippen MR) is 58.6 cm³/mol. The average molecular weight is 257 g/mol. The molecule has 0 amide bonds. The number of aromatic amines is 2. The van der Waals surface area contributed by atoms with Gasteiger partial charge in [-0.05, 0) is 6.92 Å². The highest BCUT2D eigenvalue weighted by molar-refractivity contribution is 7.92. The highest BCUT2D eigenvalue weighted by atomic mass is 32.2. The number of hydrogen-bond acceptors (Lipinski definition) is 5. The first-order valence-electron chi connectivity index (χ1n) is 4.71. The van der Waals surface area contributed by atoms with Crippen molar-refractivity contribution >= 4 is 15.7 Å². The van der Waals surface area contributed by atoms with Crippen LogP contribution in [0.2, 0.25) is 0 Å². The van der Waals surface area contributed by atoms with Crippen LogP contribution in [-0.4, -0.2) is 33.9 Å². The minimum atomic E-state index is -3.78. The van der Waals surface area contributed by atoms with Gasteiger partial charge in [0.1, 0.15) is 10.6 Å². The highest BCUT2D eigenvalue weighted by Crippen LogP contribution is 2.20. The Morgan fingerprint density at radius 1 is 1.53 bits per heavy atom. The largest absolute Gasteiger partial charge is 0.390 e. The van der Waals surface area contributed by atoms with E-state index in [9.17, 15) is 8.42 Å². The van der Waals surface area contributed by atoms with Crippen LogP contribution in [0.3, 0.4) is 0 Å². The summed E-state index contributed by atoms with van der Waals surface area (Å²) in [7, 11) is -3.78. The van der Waals surface area contributed by atoms with Crippen LogP contribution in [0.4, 0.5) is 5.69 Å². The zero-order chi connectivity index (χ0) is 12.5. The normalized spacial score (nSPS) is 11.6. The summed E-state index contributed by atoms with van der Waals surface area (Å²) in [5, 5.41) is 21.4. The quantitative estimate of drug-likeness (QED) is 0.600. The molecule has 4 N–H and O–H groups in total. The van der Waals surface area contributed by atoms with E-state index in [1.54, 1.807) is 6.92 Å². The van der Waals surface area contributed by atoms with Gasteiger partial charge in [-0.25, -0.2) is 8.42 Å². The average Bonchev–Trinajstić information content (AvgIpc) is 2.86. The number of aromatic nitrogens is 4. The molecule has 0 fully saturated rings. The zero-order valence-electron chi connectivity index (χ0n) is 8.93. The Morgan fingerprint density at radius 3 is 2.88 bits per heavy atom. The molecule has 8 nitrogen and oxygen atoms in total. The molecular weight excluding hydrogens is 246 g/mol. The van der Waals surface area contributed by atoms with Crippen molar-refractivity contribution in [2.45, 2.75) is 18.4 Å². The van der Waals surface area contributed by atoms with Crippen LogP contribution in [0.5, 0.6) is 0 Å². The summed E-state index contributed by atoms with van der Waals surface area (Å²) in [4.78, 5) is -0.0406. The van der Waals surface area contributed by atoms with Crippen molar-refractivity contribution in [2.75, 3.05) is 4.72 Å². The van der Waals surface area contributed by atoms with Gasteiger partial charge < -0.3 is 5.11 Å². The summed E-state index contributed by atoms with van der Waals surface area (Å²) in [6.45, 7) is 1.11. The summed E-state index contributed by atoms with van der Waals surface area (Å²) in [6.07, 6.45) is 2.75. The van der Waals surface area contributed by atoms with Gasteiger partial charge in [0, 0.05) is 6.20 Å². The van der Waals surface area contributed by atoms with Crippen LogP contribution in [0.15, 0.2) is 17.3 Å². The Hall–Kier alpha value is -1.87. The van der Waals surface area contributed by atoms with E-state index in [1.165, 1.54) is 12.4 Å². The first kappa shape index (κ1) is 11.6. The fraction of sp³-hybridized carbons (Fsp3) is 0.250. The number of sulfonamides is 1. The van der Waals surface area contributed by atoms with Gasteiger partial charge in [0.15, 0.2) is 0 Å². The fourth-order valence-corrected chi connectivity index (χ4v) is 2.84. The molecule has 0 saturated carbocycles. The third kappa shape index (κ3) is 2.15. The van der Waals surface area contributed by atoms with E-state index in [0.29, 0.717) is 11.4 Å². The van der Waals surface area contributed by atoms with Gasteiger partial charge in [0.25, 0.3) is 10.0 Å². The minimum Gasteiger partial charge on any atom is -0.390 e. The van der Waals surface area contributed by atoms with E-state index in [2.05, 4.69) is 25.1 Å². The topological polar surface area (TPSA) is 124 Å². The number of rotatable bonds is 4. The molecule has 0 unspecified atom stereocenters. The van der Waals surface area contributed by atoms with E-state index in [1.807, 2.05) is 0 Å². The summed E-state index contributed by atoms with van der Waals surface area (Å²) < 4.78 is 26.4.